The molecule has 8 heteroatoms. The lowest BCUT2D eigenvalue weighted by Crippen LogP contribution is -2.29. The molecule has 0 spiro atoms. The van der Waals surface area contributed by atoms with Crippen molar-refractivity contribution in [2.24, 2.45) is 5.92 Å². The summed E-state index contributed by atoms with van der Waals surface area (Å²) in [5.74, 6) is 6.20. The molecule has 30 heavy (non-hydrogen) atoms. The van der Waals surface area contributed by atoms with Gasteiger partial charge in [0.25, 0.3) is 0 Å². The van der Waals surface area contributed by atoms with E-state index in [-0.39, 0.29) is 10.8 Å². The summed E-state index contributed by atoms with van der Waals surface area (Å²) >= 11 is 0. The Bertz CT molecular complexity index is 495. The minimum absolute atomic E-state index is 0.0449. The van der Waals surface area contributed by atoms with Crippen molar-refractivity contribution >= 4 is 27.5 Å². The first-order valence-electron chi connectivity index (χ1n) is 10.8. The molecule has 176 valence electrons. The van der Waals surface area contributed by atoms with Gasteiger partial charge < -0.3 is 24.8 Å². The second-order valence-corrected chi connectivity index (χ2v) is 10.5. The number of hydrogen-bond acceptors (Lipinski definition) is 7. The SMILES string of the molecule is CSSC(C)(CCCNC(C)C)OCCOCCOCCC(=O)NCC#CC(C)C. The van der Waals surface area contributed by atoms with Crippen LogP contribution in [0.25, 0.3) is 0 Å². The second-order valence-electron chi connectivity index (χ2n) is 7.67. The third kappa shape index (κ3) is 19.5. The van der Waals surface area contributed by atoms with Crippen molar-refractivity contribution in [3.05, 3.63) is 0 Å². The summed E-state index contributed by atoms with van der Waals surface area (Å²) in [7, 11) is 3.49. The van der Waals surface area contributed by atoms with Gasteiger partial charge in [0.15, 0.2) is 0 Å². The molecule has 0 rings (SSSR count). The van der Waals surface area contributed by atoms with E-state index < -0.39 is 0 Å². The van der Waals surface area contributed by atoms with E-state index in [2.05, 4.69) is 49.5 Å². The molecule has 2 N–H and O–H groups in total. The van der Waals surface area contributed by atoms with E-state index in [0.717, 1.165) is 19.4 Å². The number of ether oxygens (including phenoxy) is 3. The van der Waals surface area contributed by atoms with Crippen LogP contribution < -0.4 is 10.6 Å². The van der Waals surface area contributed by atoms with Gasteiger partial charge in [-0.3, -0.25) is 4.79 Å². The lowest BCUT2D eigenvalue weighted by Gasteiger charge is -2.28. The Labute approximate surface area is 192 Å². The van der Waals surface area contributed by atoms with Gasteiger partial charge in [0.05, 0.1) is 39.6 Å². The van der Waals surface area contributed by atoms with Crippen LogP contribution in [-0.4, -0.2) is 69.3 Å². The van der Waals surface area contributed by atoms with Crippen LogP contribution in [0.5, 0.6) is 0 Å². The van der Waals surface area contributed by atoms with Gasteiger partial charge in [0.2, 0.25) is 5.91 Å². The molecule has 1 atom stereocenters. The smallest absolute Gasteiger partial charge is 0.223 e. The minimum Gasteiger partial charge on any atom is -0.379 e. The van der Waals surface area contributed by atoms with Crippen LogP contribution in [0.15, 0.2) is 0 Å². The van der Waals surface area contributed by atoms with Crippen LogP contribution in [-0.2, 0) is 19.0 Å². The average molecular weight is 463 g/mol. The molecule has 0 aromatic rings. The van der Waals surface area contributed by atoms with E-state index in [4.69, 9.17) is 14.2 Å². The molecule has 1 amide bonds. The highest BCUT2D eigenvalue weighted by molar-refractivity contribution is 8.76. The van der Waals surface area contributed by atoms with Crippen molar-refractivity contribution < 1.29 is 19.0 Å². The fourth-order valence-corrected chi connectivity index (χ4v) is 4.57. The lowest BCUT2D eigenvalue weighted by molar-refractivity contribution is -0.122. The Kier molecular flexibility index (Phi) is 19.0. The monoisotopic (exact) mass is 462 g/mol. The van der Waals surface area contributed by atoms with Gasteiger partial charge in [-0.15, -0.1) is 0 Å². The van der Waals surface area contributed by atoms with Crippen molar-refractivity contribution in [2.45, 2.75) is 64.9 Å². The van der Waals surface area contributed by atoms with Crippen LogP contribution in [0.2, 0.25) is 0 Å². The van der Waals surface area contributed by atoms with E-state index >= 15 is 0 Å². The molecule has 0 aromatic carbocycles. The standard InChI is InChI=1S/C22H42N2O4S2/c1-19(2)9-7-12-24-21(25)10-14-26-15-16-27-17-18-28-22(5,30-29-6)11-8-13-23-20(3)4/h19-20,23H,8,10-18H2,1-6H3,(H,24,25). The van der Waals surface area contributed by atoms with Crippen molar-refractivity contribution in [3.63, 3.8) is 0 Å². The summed E-state index contributed by atoms with van der Waals surface area (Å²) < 4.78 is 17.1. The first-order chi connectivity index (χ1) is 14.3. The summed E-state index contributed by atoms with van der Waals surface area (Å²) in [6.45, 7) is 14.3. The van der Waals surface area contributed by atoms with Gasteiger partial charge in [0.1, 0.15) is 4.93 Å². The Morgan fingerprint density at radius 2 is 1.73 bits per heavy atom. The normalized spacial score (nSPS) is 13.2. The second kappa shape index (κ2) is 19.3. The number of hydrogen-bond donors (Lipinski definition) is 2. The number of nitrogens with one attached hydrogen (secondary N) is 2. The van der Waals surface area contributed by atoms with Gasteiger partial charge >= 0.3 is 0 Å². The number of rotatable bonds is 18. The van der Waals surface area contributed by atoms with E-state index in [1.165, 1.54) is 0 Å². The molecule has 0 radical (unpaired) electrons. The van der Waals surface area contributed by atoms with Gasteiger partial charge in [-0.05, 0) is 32.6 Å². The molecule has 0 bridgehead atoms. The van der Waals surface area contributed by atoms with Crippen LogP contribution >= 0.6 is 21.6 Å². The maximum atomic E-state index is 11.6. The third-order valence-electron chi connectivity index (χ3n) is 3.87. The summed E-state index contributed by atoms with van der Waals surface area (Å²) in [6.07, 6.45) is 4.48. The van der Waals surface area contributed by atoms with Crippen LogP contribution in [0.3, 0.4) is 0 Å². The Hall–Kier alpha value is -0.430. The molecule has 0 aliphatic heterocycles. The summed E-state index contributed by atoms with van der Waals surface area (Å²) in [5.41, 5.74) is 0. The van der Waals surface area contributed by atoms with Crippen LogP contribution in [0.4, 0.5) is 0 Å². The molecular formula is C22H42N2O4S2. The fraction of sp³-hybridized carbons (Fsp3) is 0.864. The van der Waals surface area contributed by atoms with Crippen molar-refractivity contribution in [1.82, 2.24) is 10.6 Å². The Morgan fingerprint density at radius 1 is 1.07 bits per heavy atom. The summed E-state index contributed by atoms with van der Waals surface area (Å²) in [5, 5.41) is 6.20. The van der Waals surface area contributed by atoms with Crippen LogP contribution in [0, 0.1) is 17.8 Å². The maximum Gasteiger partial charge on any atom is 0.223 e. The first-order valence-corrected chi connectivity index (χ1v) is 13.3. The third-order valence-corrected chi connectivity index (χ3v) is 6.26. The highest BCUT2D eigenvalue weighted by Crippen LogP contribution is 2.38. The molecule has 0 saturated heterocycles. The van der Waals surface area contributed by atoms with Crippen molar-refractivity contribution in [3.8, 4) is 11.8 Å². The van der Waals surface area contributed by atoms with Crippen molar-refractivity contribution in [1.29, 1.82) is 0 Å². The largest absolute Gasteiger partial charge is 0.379 e. The molecule has 0 heterocycles. The zero-order valence-corrected chi connectivity index (χ0v) is 21.3. The van der Waals surface area contributed by atoms with Gasteiger partial charge in [0, 0.05) is 18.4 Å². The minimum atomic E-state index is -0.204. The Morgan fingerprint density at radius 3 is 2.37 bits per heavy atom. The quantitative estimate of drug-likeness (QED) is 0.139. The first kappa shape index (κ1) is 29.6. The number of carbonyl (C=O) groups is 1. The molecule has 0 aliphatic rings. The molecule has 0 aliphatic carbocycles. The number of amides is 1. The molecule has 0 aromatic heterocycles. The predicted molar refractivity (Wildman–Crippen MR) is 130 cm³/mol. The zero-order valence-electron chi connectivity index (χ0n) is 19.7. The molecular weight excluding hydrogens is 420 g/mol. The Balaban J connectivity index is 3.69. The highest BCUT2D eigenvalue weighted by atomic mass is 33.1. The number of carbonyl (C=O) groups excluding carboxylic acids is 1. The van der Waals surface area contributed by atoms with Crippen molar-refractivity contribution in [2.75, 3.05) is 52.4 Å². The average Bonchev–Trinajstić information content (AvgIpc) is 2.67. The molecule has 1 unspecified atom stereocenters. The predicted octanol–water partition coefficient (Wildman–Crippen LogP) is 3.71. The van der Waals surface area contributed by atoms with Gasteiger partial charge in [-0.2, -0.15) is 0 Å². The molecule has 6 nitrogen and oxygen atoms in total. The van der Waals surface area contributed by atoms with E-state index in [1.54, 1.807) is 21.6 Å². The highest BCUT2D eigenvalue weighted by Gasteiger charge is 2.25. The lowest BCUT2D eigenvalue weighted by atomic mass is 10.2. The maximum absolute atomic E-state index is 11.6. The van der Waals surface area contributed by atoms with E-state index in [9.17, 15) is 4.79 Å². The summed E-state index contributed by atoms with van der Waals surface area (Å²) in [6, 6.07) is 0.513. The molecule has 0 saturated carbocycles. The zero-order chi connectivity index (χ0) is 22.7. The summed E-state index contributed by atoms with van der Waals surface area (Å²) in [4.78, 5) is 11.4. The van der Waals surface area contributed by atoms with Crippen LogP contribution in [0.1, 0.15) is 53.9 Å². The van der Waals surface area contributed by atoms with E-state index in [1.807, 2.05) is 13.8 Å². The van der Waals surface area contributed by atoms with Gasteiger partial charge in [-0.25, -0.2) is 0 Å². The van der Waals surface area contributed by atoms with E-state index in [0.29, 0.717) is 58.0 Å². The van der Waals surface area contributed by atoms with Gasteiger partial charge in [-0.1, -0.05) is 61.1 Å². The molecule has 0 fully saturated rings. The fourth-order valence-electron chi connectivity index (χ4n) is 2.40. The topological polar surface area (TPSA) is 68.8 Å².